The third-order valence-corrected chi connectivity index (χ3v) is 3.67. The number of hydrogen-bond donors (Lipinski definition) is 0. The van der Waals surface area contributed by atoms with Crippen LogP contribution in [-0.2, 0) is 14.2 Å². The first-order chi connectivity index (χ1) is 9.76. The van der Waals surface area contributed by atoms with E-state index in [9.17, 15) is 4.79 Å². The Balaban J connectivity index is 2.28. The third-order valence-electron chi connectivity index (χ3n) is 3.67. The molecule has 1 aliphatic rings. The van der Waals surface area contributed by atoms with Crippen molar-refractivity contribution in [1.82, 2.24) is 4.90 Å². The molecule has 1 heterocycles. The molecule has 0 aromatic heterocycles. The lowest BCUT2D eigenvalue weighted by Gasteiger charge is -2.39. The monoisotopic (exact) mass is 301 g/mol. The zero-order valence-electron chi connectivity index (χ0n) is 14.2. The van der Waals surface area contributed by atoms with Gasteiger partial charge in [-0.15, -0.1) is 0 Å². The Morgan fingerprint density at radius 3 is 2.24 bits per heavy atom. The number of methoxy groups -OCH3 is 1. The second-order valence-electron chi connectivity index (χ2n) is 6.97. The second kappa shape index (κ2) is 7.99. The molecule has 1 amide bonds. The van der Waals surface area contributed by atoms with Crippen LogP contribution in [0, 0.1) is 0 Å². The fourth-order valence-corrected chi connectivity index (χ4v) is 2.30. The molecule has 5 heteroatoms. The van der Waals surface area contributed by atoms with E-state index < -0.39 is 5.60 Å². The van der Waals surface area contributed by atoms with Gasteiger partial charge in [0.05, 0.1) is 5.60 Å². The van der Waals surface area contributed by atoms with E-state index in [-0.39, 0.29) is 11.7 Å². The summed E-state index contributed by atoms with van der Waals surface area (Å²) in [4.78, 5) is 13.8. The number of hydrogen-bond acceptors (Lipinski definition) is 4. The summed E-state index contributed by atoms with van der Waals surface area (Å²) >= 11 is 0. The highest BCUT2D eigenvalue weighted by Crippen LogP contribution is 2.27. The Kier molecular flexibility index (Phi) is 6.94. The van der Waals surface area contributed by atoms with Gasteiger partial charge in [-0.2, -0.15) is 0 Å². The van der Waals surface area contributed by atoms with Gasteiger partial charge < -0.3 is 19.1 Å². The molecule has 1 saturated heterocycles. The van der Waals surface area contributed by atoms with E-state index in [0.29, 0.717) is 13.1 Å². The van der Waals surface area contributed by atoms with E-state index in [1.807, 2.05) is 20.8 Å². The highest BCUT2D eigenvalue weighted by molar-refractivity contribution is 5.68. The lowest BCUT2D eigenvalue weighted by Crippen LogP contribution is -2.48. The first-order valence-corrected chi connectivity index (χ1v) is 7.87. The molecule has 0 atom stereocenters. The normalized spacial score (nSPS) is 18.6. The number of piperidine rings is 1. The van der Waals surface area contributed by atoms with Gasteiger partial charge in [0.15, 0.2) is 0 Å². The zero-order valence-corrected chi connectivity index (χ0v) is 14.2. The molecule has 21 heavy (non-hydrogen) atoms. The number of unbranched alkanes of at least 4 members (excludes halogenated alkanes) is 1. The van der Waals surface area contributed by atoms with Gasteiger partial charge in [0.2, 0.25) is 0 Å². The van der Waals surface area contributed by atoms with Crippen LogP contribution in [0.4, 0.5) is 4.79 Å². The summed E-state index contributed by atoms with van der Waals surface area (Å²) in [6.45, 7) is 10.7. The highest BCUT2D eigenvalue weighted by Gasteiger charge is 2.34. The molecule has 1 aliphatic heterocycles. The molecule has 1 fully saturated rings. The van der Waals surface area contributed by atoms with Gasteiger partial charge in [-0.1, -0.05) is 0 Å². The molecule has 0 unspecified atom stereocenters. The maximum absolute atomic E-state index is 12.0. The predicted octanol–water partition coefficient (Wildman–Crippen LogP) is 3.22. The minimum absolute atomic E-state index is 0.119. The molecular weight excluding hydrogens is 270 g/mol. The Labute approximate surface area is 128 Å². The van der Waals surface area contributed by atoms with Crippen LogP contribution in [0.5, 0.6) is 0 Å². The second-order valence-corrected chi connectivity index (χ2v) is 6.97. The molecule has 0 radical (unpaired) electrons. The third kappa shape index (κ3) is 7.14. The zero-order chi connectivity index (χ0) is 15.9. The van der Waals surface area contributed by atoms with Gasteiger partial charge in [0, 0.05) is 33.4 Å². The summed E-state index contributed by atoms with van der Waals surface area (Å²) in [5.74, 6) is 0. The number of rotatable bonds is 6. The molecule has 124 valence electrons. The van der Waals surface area contributed by atoms with Gasteiger partial charge in [0.1, 0.15) is 5.60 Å². The first kappa shape index (κ1) is 18.2. The van der Waals surface area contributed by atoms with Crippen molar-refractivity contribution in [3.05, 3.63) is 0 Å². The van der Waals surface area contributed by atoms with E-state index >= 15 is 0 Å². The molecule has 0 aromatic carbocycles. The van der Waals surface area contributed by atoms with Crippen LogP contribution in [0.15, 0.2) is 0 Å². The standard InChI is InChI=1S/C16H31NO4/c1-15(2,3)21-14(18)17-10-8-16(4,9-11-17)20-13-7-6-12-19-5/h6-13H2,1-5H3. The topological polar surface area (TPSA) is 48.0 Å². The summed E-state index contributed by atoms with van der Waals surface area (Å²) in [7, 11) is 1.72. The van der Waals surface area contributed by atoms with E-state index in [1.165, 1.54) is 0 Å². The number of carbonyl (C=O) groups excluding carboxylic acids is 1. The van der Waals surface area contributed by atoms with E-state index in [4.69, 9.17) is 14.2 Å². The SMILES string of the molecule is COCCCCOC1(C)CCN(C(=O)OC(C)(C)C)CC1. The molecule has 0 aliphatic carbocycles. The van der Waals surface area contributed by atoms with Crippen LogP contribution >= 0.6 is 0 Å². The minimum atomic E-state index is -0.435. The average Bonchev–Trinajstić information content (AvgIpc) is 2.37. The first-order valence-electron chi connectivity index (χ1n) is 7.87. The van der Waals surface area contributed by atoms with Crippen molar-refractivity contribution >= 4 is 6.09 Å². The quantitative estimate of drug-likeness (QED) is 0.707. The van der Waals surface area contributed by atoms with Gasteiger partial charge in [-0.3, -0.25) is 0 Å². The van der Waals surface area contributed by atoms with Crippen LogP contribution in [0.3, 0.4) is 0 Å². The molecule has 1 rings (SSSR count). The fourth-order valence-electron chi connectivity index (χ4n) is 2.30. The number of likely N-dealkylation sites (tertiary alicyclic amines) is 1. The van der Waals surface area contributed by atoms with Gasteiger partial charge in [0.25, 0.3) is 0 Å². The van der Waals surface area contributed by atoms with Crippen molar-refractivity contribution in [3.63, 3.8) is 0 Å². The molecule has 0 saturated carbocycles. The van der Waals surface area contributed by atoms with Crippen LogP contribution in [-0.4, -0.2) is 55.6 Å². The smallest absolute Gasteiger partial charge is 0.410 e. The number of ether oxygens (including phenoxy) is 3. The summed E-state index contributed by atoms with van der Waals surface area (Å²) in [5, 5.41) is 0. The van der Waals surface area contributed by atoms with Crippen LogP contribution in [0.1, 0.15) is 53.4 Å². The van der Waals surface area contributed by atoms with Crippen molar-refractivity contribution in [3.8, 4) is 0 Å². The molecule has 5 nitrogen and oxygen atoms in total. The van der Waals surface area contributed by atoms with Crippen molar-refractivity contribution < 1.29 is 19.0 Å². The number of amides is 1. The highest BCUT2D eigenvalue weighted by atomic mass is 16.6. The molecular formula is C16H31NO4. The van der Waals surface area contributed by atoms with Crippen molar-refractivity contribution in [2.24, 2.45) is 0 Å². The summed E-state index contributed by atoms with van der Waals surface area (Å²) in [5.41, 5.74) is -0.554. The predicted molar refractivity (Wildman–Crippen MR) is 82.5 cm³/mol. The van der Waals surface area contributed by atoms with Crippen molar-refractivity contribution in [2.75, 3.05) is 33.4 Å². The lowest BCUT2D eigenvalue weighted by atomic mass is 9.93. The van der Waals surface area contributed by atoms with E-state index in [2.05, 4.69) is 6.92 Å². The van der Waals surface area contributed by atoms with Gasteiger partial charge in [-0.25, -0.2) is 4.79 Å². The maximum atomic E-state index is 12.0. The molecule has 0 aromatic rings. The fraction of sp³-hybridized carbons (Fsp3) is 0.938. The minimum Gasteiger partial charge on any atom is -0.444 e. The Hall–Kier alpha value is -0.810. The van der Waals surface area contributed by atoms with E-state index in [0.717, 1.165) is 38.9 Å². The largest absolute Gasteiger partial charge is 0.444 e. The number of carbonyl (C=O) groups is 1. The van der Waals surface area contributed by atoms with Crippen LogP contribution < -0.4 is 0 Å². The maximum Gasteiger partial charge on any atom is 0.410 e. The van der Waals surface area contributed by atoms with E-state index in [1.54, 1.807) is 12.0 Å². The molecule has 0 spiro atoms. The Morgan fingerprint density at radius 1 is 1.14 bits per heavy atom. The molecule has 0 N–H and O–H groups in total. The van der Waals surface area contributed by atoms with Crippen LogP contribution in [0.2, 0.25) is 0 Å². The number of nitrogens with zero attached hydrogens (tertiary/aromatic N) is 1. The van der Waals surface area contributed by atoms with Crippen molar-refractivity contribution in [2.45, 2.75) is 64.6 Å². The average molecular weight is 301 g/mol. The summed E-state index contributed by atoms with van der Waals surface area (Å²) < 4.78 is 16.4. The molecule has 0 bridgehead atoms. The Morgan fingerprint density at radius 2 is 1.71 bits per heavy atom. The van der Waals surface area contributed by atoms with Crippen LogP contribution in [0.25, 0.3) is 0 Å². The van der Waals surface area contributed by atoms with Crippen molar-refractivity contribution in [1.29, 1.82) is 0 Å². The van der Waals surface area contributed by atoms with Gasteiger partial charge >= 0.3 is 6.09 Å². The lowest BCUT2D eigenvalue weighted by molar-refractivity contribution is -0.0740. The summed E-state index contributed by atoms with van der Waals surface area (Å²) in [6.07, 6.45) is 3.53. The summed E-state index contributed by atoms with van der Waals surface area (Å²) in [6, 6.07) is 0. The van der Waals surface area contributed by atoms with Gasteiger partial charge in [-0.05, 0) is 53.4 Å². The Bertz CT molecular complexity index is 317.